The largest absolute Gasteiger partial charge is 0.461 e. The summed E-state index contributed by atoms with van der Waals surface area (Å²) in [7, 11) is 0. The Bertz CT molecular complexity index is 1000. The van der Waals surface area contributed by atoms with Gasteiger partial charge in [0.2, 0.25) is 5.91 Å². The molecule has 2 aliphatic heterocycles. The Balaban J connectivity index is 1.74. The highest BCUT2D eigenvalue weighted by Gasteiger charge is 2.54. The van der Waals surface area contributed by atoms with Gasteiger partial charge in [-0.15, -0.1) is 11.8 Å². The van der Waals surface area contributed by atoms with Crippen molar-refractivity contribution < 1.29 is 33.9 Å². The second kappa shape index (κ2) is 9.79. The average molecular weight is 479 g/mol. The number of aromatic nitrogens is 1. The Labute approximate surface area is 194 Å². The van der Waals surface area contributed by atoms with Crippen LogP contribution < -0.4 is 10.8 Å². The lowest BCUT2D eigenvalue weighted by Crippen LogP contribution is -2.71. The van der Waals surface area contributed by atoms with Gasteiger partial charge in [0, 0.05) is 24.4 Å². The van der Waals surface area contributed by atoms with Crippen LogP contribution in [0.2, 0.25) is 0 Å². The zero-order chi connectivity index (χ0) is 24.3. The summed E-state index contributed by atoms with van der Waals surface area (Å²) in [5, 5.41) is 11.2. The van der Waals surface area contributed by atoms with Crippen molar-refractivity contribution in [1.29, 1.82) is 0 Å². The first-order chi connectivity index (χ1) is 15.5. The van der Waals surface area contributed by atoms with Crippen molar-refractivity contribution in [2.75, 3.05) is 17.8 Å². The minimum absolute atomic E-state index is 0.0230. The van der Waals surface area contributed by atoms with E-state index in [4.69, 9.17) is 14.7 Å². The SMILES string of the molecule is CC(=O)OCC1=C(C(=O)OC(C)(C)C)N2C(=O)[C@@H](NC(=O)Cc3ccnc(NO)c3)[C@H]2SC1. The average Bonchev–Trinajstić information content (AvgIpc) is 2.74. The Morgan fingerprint density at radius 3 is 2.70 bits per heavy atom. The van der Waals surface area contributed by atoms with E-state index in [0.29, 0.717) is 16.9 Å². The molecule has 0 aliphatic carbocycles. The van der Waals surface area contributed by atoms with Crippen LogP contribution in [0.3, 0.4) is 0 Å². The smallest absolute Gasteiger partial charge is 0.355 e. The number of anilines is 1. The Kier molecular flexibility index (Phi) is 7.28. The molecule has 0 unspecified atom stereocenters. The lowest BCUT2D eigenvalue weighted by molar-refractivity contribution is -0.159. The van der Waals surface area contributed by atoms with E-state index in [0.717, 1.165) is 0 Å². The highest BCUT2D eigenvalue weighted by molar-refractivity contribution is 8.00. The van der Waals surface area contributed by atoms with Crippen LogP contribution in [0.5, 0.6) is 0 Å². The van der Waals surface area contributed by atoms with Gasteiger partial charge < -0.3 is 14.8 Å². The third kappa shape index (κ3) is 5.82. The van der Waals surface area contributed by atoms with Gasteiger partial charge >= 0.3 is 11.9 Å². The lowest BCUT2D eigenvalue weighted by Gasteiger charge is -2.49. The van der Waals surface area contributed by atoms with Crippen molar-refractivity contribution in [3.8, 4) is 0 Å². The molecule has 1 fully saturated rings. The molecule has 2 atom stereocenters. The van der Waals surface area contributed by atoms with E-state index < -0.39 is 40.8 Å². The minimum Gasteiger partial charge on any atom is -0.461 e. The molecule has 1 aromatic heterocycles. The van der Waals surface area contributed by atoms with Gasteiger partial charge in [-0.05, 0) is 38.5 Å². The fourth-order valence-corrected chi connectivity index (χ4v) is 4.68. The van der Waals surface area contributed by atoms with Gasteiger partial charge in [-0.25, -0.2) is 9.78 Å². The van der Waals surface area contributed by atoms with Crippen molar-refractivity contribution in [2.24, 2.45) is 0 Å². The third-order valence-electron chi connectivity index (χ3n) is 4.71. The van der Waals surface area contributed by atoms with E-state index in [1.54, 1.807) is 26.8 Å². The highest BCUT2D eigenvalue weighted by atomic mass is 32.2. The number of hydrogen-bond acceptors (Lipinski definition) is 10. The minimum atomic E-state index is -0.813. The molecule has 3 heterocycles. The molecule has 11 nitrogen and oxygen atoms in total. The first kappa shape index (κ1) is 24.5. The molecule has 12 heteroatoms. The number of carbonyl (C=O) groups is 4. The second-order valence-corrected chi connectivity index (χ2v) is 9.63. The second-order valence-electron chi connectivity index (χ2n) is 8.53. The molecule has 2 aliphatic rings. The summed E-state index contributed by atoms with van der Waals surface area (Å²) in [5.74, 6) is -1.51. The van der Waals surface area contributed by atoms with Gasteiger partial charge in [0.1, 0.15) is 35.1 Å². The summed E-state index contributed by atoms with van der Waals surface area (Å²) in [6.07, 6.45) is 1.42. The summed E-state index contributed by atoms with van der Waals surface area (Å²) in [6.45, 7) is 6.26. The zero-order valence-corrected chi connectivity index (χ0v) is 19.5. The number of hydrogen-bond donors (Lipinski definition) is 3. The predicted octanol–water partition coefficient (Wildman–Crippen LogP) is 0.984. The van der Waals surface area contributed by atoms with E-state index in [1.807, 2.05) is 5.48 Å². The van der Waals surface area contributed by atoms with Crippen molar-refractivity contribution in [3.05, 3.63) is 35.2 Å². The van der Waals surface area contributed by atoms with E-state index in [2.05, 4.69) is 10.3 Å². The first-order valence-electron chi connectivity index (χ1n) is 10.2. The summed E-state index contributed by atoms with van der Waals surface area (Å²) >= 11 is 1.36. The van der Waals surface area contributed by atoms with E-state index in [1.165, 1.54) is 35.8 Å². The number of thioether (sulfide) groups is 1. The number of β-lactam (4-membered cyclic amide) rings is 1. The third-order valence-corrected chi connectivity index (χ3v) is 6.05. The Hall–Kier alpha value is -3.12. The molecular formula is C21H26N4O7S. The van der Waals surface area contributed by atoms with Gasteiger partial charge in [0.05, 0.1) is 6.42 Å². The molecule has 2 amide bonds. The molecule has 3 rings (SSSR count). The van der Waals surface area contributed by atoms with Gasteiger partial charge in [-0.2, -0.15) is 0 Å². The number of nitrogens with one attached hydrogen (secondary N) is 2. The molecule has 33 heavy (non-hydrogen) atoms. The molecule has 0 spiro atoms. The number of carbonyl (C=O) groups excluding carboxylic acids is 4. The Morgan fingerprint density at radius 1 is 1.33 bits per heavy atom. The summed E-state index contributed by atoms with van der Waals surface area (Å²) in [5.41, 5.74) is 2.25. The summed E-state index contributed by atoms with van der Waals surface area (Å²) in [6, 6.07) is 2.32. The number of ether oxygens (including phenoxy) is 2. The van der Waals surface area contributed by atoms with Crippen LogP contribution in [0.25, 0.3) is 0 Å². The number of pyridine rings is 1. The molecule has 0 saturated carbocycles. The lowest BCUT2D eigenvalue weighted by atomic mass is 10.0. The monoisotopic (exact) mass is 478 g/mol. The maximum Gasteiger partial charge on any atom is 0.355 e. The molecule has 1 saturated heterocycles. The van der Waals surface area contributed by atoms with Gasteiger partial charge in [-0.1, -0.05) is 0 Å². The molecule has 0 radical (unpaired) electrons. The van der Waals surface area contributed by atoms with E-state index in [-0.39, 0.29) is 24.5 Å². The standard InChI is InChI=1S/C21H26N4O7S/c1-11(26)31-9-13-10-33-19-16(18(28)25(19)17(13)20(29)32-21(2,3)4)23-15(27)8-12-5-6-22-14(7-12)24-30/h5-7,16,19,30H,8-10H2,1-4H3,(H,22,24)(H,23,27)/t16-,19-/m1/s1. The number of fused-ring (bicyclic) bond motifs is 1. The van der Waals surface area contributed by atoms with Crippen molar-refractivity contribution in [2.45, 2.75) is 51.1 Å². The van der Waals surface area contributed by atoms with Crippen LogP contribution in [0.1, 0.15) is 33.3 Å². The fraction of sp³-hybridized carbons (Fsp3) is 0.476. The highest BCUT2D eigenvalue weighted by Crippen LogP contribution is 2.41. The summed E-state index contributed by atoms with van der Waals surface area (Å²) in [4.78, 5) is 54.8. The van der Waals surface area contributed by atoms with Gasteiger partial charge in [0.15, 0.2) is 0 Å². The molecule has 0 aromatic carbocycles. The van der Waals surface area contributed by atoms with E-state index in [9.17, 15) is 19.2 Å². The van der Waals surface area contributed by atoms with Crippen molar-refractivity contribution >= 4 is 41.3 Å². The Morgan fingerprint density at radius 2 is 2.06 bits per heavy atom. The topological polar surface area (TPSA) is 147 Å². The maximum absolute atomic E-state index is 12.9. The number of amides is 2. The number of nitrogens with zero attached hydrogens (tertiary/aromatic N) is 2. The number of rotatable bonds is 7. The van der Waals surface area contributed by atoms with Crippen molar-refractivity contribution in [1.82, 2.24) is 15.2 Å². The van der Waals surface area contributed by atoms with Crippen LogP contribution in [0, 0.1) is 0 Å². The van der Waals surface area contributed by atoms with Crippen LogP contribution >= 0.6 is 11.8 Å². The number of esters is 2. The maximum atomic E-state index is 12.9. The fourth-order valence-electron chi connectivity index (χ4n) is 3.35. The molecule has 3 N–H and O–H groups in total. The molecule has 1 aromatic rings. The van der Waals surface area contributed by atoms with Crippen LogP contribution in [0.15, 0.2) is 29.6 Å². The normalized spacial score (nSPS) is 19.9. The first-order valence-corrected chi connectivity index (χ1v) is 11.2. The van der Waals surface area contributed by atoms with Crippen LogP contribution in [-0.4, -0.2) is 68.2 Å². The van der Waals surface area contributed by atoms with Gasteiger partial charge in [0.25, 0.3) is 5.91 Å². The quantitative estimate of drug-likeness (QED) is 0.294. The van der Waals surface area contributed by atoms with Crippen LogP contribution in [0.4, 0.5) is 5.82 Å². The van der Waals surface area contributed by atoms with E-state index >= 15 is 0 Å². The molecule has 178 valence electrons. The molecule has 0 bridgehead atoms. The predicted molar refractivity (Wildman–Crippen MR) is 118 cm³/mol. The van der Waals surface area contributed by atoms with Crippen molar-refractivity contribution in [3.63, 3.8) is 0 Å². The van der Waals surface area contributed by atoms with Gasteiger partial charge in [-0.3, -0.25) is 30.0 Å². The molecular weight excluding hydrogens is 452 g/mol. The van der Waals surface area contributed by atoms with Crippen LogP contribution in [-0.2, 0) is 35.1 Å². The summed E-state index contributed by atoms with van der Waals surface area (Å²) < 4.78 is 10.5. The zero-order valence-electron chi connectivity index (χ0n) is 18.7.